The van der Waals surface area contributed by atoms with Crippen molar-refractivity contribution in [1.29, 1.82) is 0 Å². The predicted molar refractivity (Wildman–Crippen MR) is 77.7 cm³/mol. The van der Waals surface area contributed by atoms with E-state index in [1.165, 1.54) is 0 Å². The van der Waals surface area contributed by atoms with Gasteiger partial charge in [0.1, 0.15) is 5.75 Å². The largest absolute Gasteiger partial charge is 0.479 e. The molecule has 2 unspecified atom stereocenters. The van der Waals surface area contributed by atoms with E-state index in [0.717, 1.165) is 23.5 Å². The maximum Gasteiger partial charge on any atom is 0.265 e. The molecule has 1 aromatic rings. The summed E-state index contributed by atoms with van der Waals surface area (Å²) < 4.78 is 5.54. The van der Waals surface area contributed by atoms with Gasteiger partial charge in [0.05, 0.1) is 5.69 Å². The zero-order chi connectivity index (χ0) is 14.0. The van der Waals surface area contributed by atoms with Gasteiger partial charge < -0.3 is 15.4 Å². The summed E-state index contributed by atoms with van der Waals surface area (Å²) in [4.78, 5) is 11.6. The highest BCUT2D eigenvalue weighted by atomic mass is 16.5. The summed E-state index contributed by atoms with van der Waals surface area (Å²) in [5.41, 5.74) is 1.75. The number of nitrogens with one attached hydrogen (secondary N) is 2. The van der Waals surface area contributed by atoms with Gasteiger partial charge in [0.15, 0.2) is 6.10 Å². The van der Waals surface area contributed by atoms with Gasteiger partial charge in [0.2, 0.25) is 0 Å². The lowest BCUT2D eigenvalue weighted by Gasteiger charge is -2.26. The molecule has 0 saturated heterocycles. The van der Waals surface area contributed by atoms with Crippen LogP contribution in [0.25, 0.3) is 0 Å². The van der Waals surface area contributed by atoms with Crippen molar-refractivity contribution in [2.45, 2.75) is 46.3 Å². The summed E-state index contributed by atoms with van der Waals surface area (Å²) in [5.74, 6) is 1.20. The average Bonchev–Trinajstić information content (AvgIpc) is 2.37. The van der Waals surface area contributed by atoms with Gasteiger partial charge in [-0.15, -0.1) is 0 Å². The molecule has 1 amide bonds. The first-order valence-corrected chi connectivity index (χ1v) is 6.89. The summed E-state index contributed by atoms with van der Waals surface area (Å²) in [5, 5.41) is 6.36. The number of hydrogen-bond acceptors (Lipinski definition) is 3. The highest BCUT2D eigenvalue weighted by Crippen LogP contribution is 2.32. The minimum Gasteiger partial charge on any atom is -0.479 e. The molecular formula is C15H22N2O2. The molecule has 0 spiro atoms. The Labute approximate surface area is 114 Å². The predicted octanol–water partition coefficient (Wildman–Crippen LogP) is 3.25. The van der Waals surface area contributed by atoms with Crippen LogP contribution in [0.4, 0.5) is 11.4 Å². The Balaban J connectivity index is 2.17. The van der Waals surface area contributed by atoms with Gasteiger partial charge in [0, 0.05) is 11.7 Å². The van der Waals surface area contributed by atoms with Crippen molar-refractivity contribution >= 4 is 17.3 Å². The third kappa shape index (κ3) is 3.00. The second-order valence-corrected chi connectivity index (χ2v) is 5.36. The van der Waals surface area contributed by atoms with Crippen LogP contribution in [0.5, 0.6) is 5.75 Å². The zero-order valence-corrected chi connectivity index (χ0v) is 12.0. The van der Waals surface area contributed by atoms with Gasteiger partial charge >= 0.3 is 0 Å². The van der Waals surface area contributed by atoms with Crippen molar-refractivity contribution in [3.05, 3.63) is 18.2 Å². The average molecular weight is 262 g/mol. The van der Waals surface area contributed by atoms with Gasteiger partial charge in [-0.25, -0.2) is 0 Å². The van der Waals surface area contributed by atoms with Crippen LogP contribution in [0.2, 0.25) is 0 Å². The lowest BCUT2D eigenvalue weighted by Crippen LogP contribution is -2.34. The van der Waals surface area contributed by atoms with Gasteiger partial charge in [-0.05, 0) is 37.5 Å². The third-order valence-corrected chi connectivity index (χ3v) is 3.51. The smallest absolute Gasteiger partial charge is 0.265 e. The number of rotatable bonds is 4. The van der Waals surface area contributed by atoms with Crippen LogP contribution < -0.4 is 15.4 Å². The maximum atomic E-state index is 11.6. The SMILES string of the molecule is CCC(Nc1ccc2c(c1)NC(=O)C(C)O2)C(C)C. The van der Waals surface area contributed by atoms with Crippen LogP contribution in [0.3, 0.4) is 0 Å². The Morgan fingerprint density at radius 1 is 1.42 bits per heavy atom. The van der Waals surface area contributed by atoms with Crippen molar-refractivity contribution < 1.29 is 9.53 Å². The molecule has 0 bridgehead atoms. The van der Waals surface area contributed by atoms with E-state index in [0.29, 0.717) is 12.0 Å². The lowest BCUT2D eigenvalue weighted by atomic mass is 10.0. The maximum absolute atomic E-state index is 11.6. The van der Waals surface area contributed by atoms with Crippen molar-refractivity contribution in [3.8, 4) is 5.75 Å². The fraction of sp³-hybridized carbons (Fsp3) is 0.533. The van der Waals surface area contributed by atoms with Gasteiger partial charge in [-0.2, -0.15) is 0 Å². The monoisotopic (exact) mass is 262 g/mol. The zero-order valence-electron chi connectivity index (χ0n) is 12.0. The number of carbonyl (C=O) groups is 1. The molecule has 0 radical (unpaired) electrons. The molecule has 0 aromatic heterocycles. The summed E-state index contributed by atoms with van der Waals surface area (Å²) in [6.07, 6.45) is 0.639. The number of benzene rings is 1. The number of ether oxygens (including phenoxy) is 1. The Kier molecular flexibility index (Phi) is 3.98. The summed E-state index contributed by atoms with van der Waals surface area (Å²) >= 11 is 0. The van der Waals surface area contributed by atoms with E-state index < -0.39 is 6.10 Å². The van der Waals surface area contributed by atoms with Crippen molar-refractivity contribution in [2.24, 2.45) is 5.92 Å². The molecule has 1 aliphatic heterocycles. The standard InChI is InChI=1S/C15H22N2O2/c1-5-12(9(2)3)16-11-6-7-14-13(8-11)17-15(18)10(4)19-14/h6-10,12,16H,5H2,1-4H3,(H,17,18). The van der Waals surface area contributed by atoms with Crippen molar-refractivity contribution in [3.63, 3.8) is 0 Å². The molecule has 2 atom stereocenters. The molecule has 0 saturated carbocycles. The molecular weight excluding hydrogens is 240 g/mol. The van der Waals surface area contributed by atoms with E-state index in [2.05, 4.69) is 31.4 Å². The van der Waals surface area contributed by atoms with Crippen LogP contribution in [-0.2, 0) is 4.79 Å². The molecule has 1 heterocycles. The third-order valence-electron chi connectivity index (χ3n) is 3.51. The summed E-state index contributed by atoms with van der Waals surface area (Å²) in [6, 6.07) is 6.26. The molecule has 0 aliphatic carbocycles. The Hall–Kier alpha value is -1.71. The van der Waals surface area contributed by atoms with Crippen LogP contribution >= 0.6 is 0 Å². The number of anilines is 2. The Bertz CT molecular complexity index is 471. The highest BCUT2D eigenvalue weighted by Gasteiger charge is 2.23. The molecule has 1 aliphatic rings. The minimum atomic E-state index is -0.426. The quantitative estimate of drug-likeness (QED) is 0.875. The van der Waals surface area contributed by atoms with Crippen LogP contribution in [-0.4, -0.2) is 18.1 Å². The van der Waals surface area contributed by atoms with E-state index in [1.807, 2.05) is 18.2 Å². The molecule has 1 aromatic carbocycles. The van der Waals surface area contributed by atoms with Crippen LogP contribution in [0.15, 0.2) is 18.2 Å². The molecule has 4 heteroatoms. The fourth-order valence-corrected chi connectivity index (χ4v) is 2.25. The number of carbonyl (C=O) groups excluding carboxylic acids is 1. The van der Waals surface area contributed by atoms with Crippen molar-refractivity contribution in [2.75, 3.05) is 10.6 Å². The highest BCUT2D eigenvalue weighted by molar-refractivity contribution is 5.98. The minimum absolute atomic E-state index is 0.0967. The molecule has 4 nitrogen and oxygen atoms in total. The molecule has 2 N–H and O–H groups in total. The molecule has 0 fully saturated rings. The van der Waals surface area contributed by atoms with E-state index in [9.17, 15) is 4.79 Å². The topological polar surface area (TPSA) is 50.4 Å². The van der Waals surface area contributed by atoms with Crippen LogP contribution in [0.1, 0.15) is 34.1 Å². The van der Waals surface area contributed by atoms with E-state index in [1.54, 1.807) is 6.92 Å². The Morgan fingerprint density at radius 3 is 2.79 bits per heavy atom. The van der Waals surface area contributed by atoms with Crippen molar-refractivity contribution in [1.82, 2.24) is 0 Å². The van der Waals surface area contributed by atoms with Gasteiger partial charge in [0.25, 0.3) is 5.91 Å². The first kappa shape index (κ1) is 13.7. The second-order valence-electron chi connectivity index (χ2n) is 5.36. The summed E-state index contributed by atoms with van der Waals surface area (Å²) in [6.45, 7) is 8.32. The Morgan fingerprint density at radius 2 is 2.16 bits per heavy atom. The van der Waals surface area contributed by atoms with Gasteiger partial charge in [-0.3, -0.25) is 4.79 Å². The van der Waals surface area contributed by atoms with Crippen LogP contribution in [0, 0.1) is 5.92 Å². The molecule has 19 heavy (non-hydrogen) atoms. The normalized spacial score (nSPS) is 19.4. The fourth-order valence-electron chi connectivity index (χ4n) is 2.25. The van der Waals surface area contributed by atoms with E-state index >= 15 is 0 Å². The first-order chi connectivity index (χ1) is 9.01. The number of hydrogen-bond donors (Lipinski definition) is 2. The van der Waals surface area contributed by atoms with Gasteiger partial charge in [-0.1, -0.05) is 20.8 Å². The van der Waals surface area contributed by atoms with E-state index in [-0.39, 0.29) is 5.91 Å². The summed E-state index contributed by atoms with van der Waals surface area (Å²) in [7, 11) is 0. The number of amides is 1. The lowest BCUT2D eigenvalue weighted by molar-refractivity contribution is -0.122. The van der Waals surface area contributed by atoms with E-state index in [4.69, 9.17) is 4.74 Å². The number of fused-ring (bicyclic) bond motifs is 1. The first-order valence-electron chi connectivity index (χ1n) is 6.89. The molecule has 104 valence electrons. The molecule has 2 rings (SSSR count). The second kappa shape index (κ2) is 5.51.